The van der Waals surface area contributed by atoms with Gasteiger partial charge in [-0.3, -0.25) is 14.5 Å². The number of benzene rings is 1. The summed E-state index contributed by atoms with van der Waals surface area (Å²) in [6.07, 6.45) is -1.46. The Balaban J connectivity index is 2.43. The van der Waals surface area contributed by atoms with E-state index in [4.69, 9.17) is 9.47 Å². The molecule has 0 aromatic heterocycles. The molecular weight excluding hydrogens is 274 g/mol. The predicted molar refractivity (Wildman–Crippen MR) is 74.8 cm³/mol. The van der Waals surface area contributed by atoms with Crippen molar-refractivity contribution in [1.29, 1.82) is 0 Å². The Bertz CT molecular complexity index is 506. The third-order valence-electron chi connectivity index (χ3n) is 3.68. The second kappa shape index (κ2) is 6.34. The number of aliphatic hydroxyl groups is 1. The third kappa shape index (κ3) is 2.57. The maximum Gasteiger partial charge on any atom is 0.262 e. The number of nitrogens with zero attached hydrogens (tertiary/aromatic N) is 1. The largest absolute Gasteiger partial charge is 0.391 e. The average molecular weight is 293 g/mol. The highest BCUT2D eigenvalue weighted by molar-refractivity contribution is 6.21. The molecule has 0 unspecified atom stereocenters. The lowest BCUT2D eigenvalue weighted by molar-refractivity contribution is -0.157. The van der Waals surface area contributed by atoms with Gasteiger partial charge in [-0.25, -0.2) is 0 Å². The summed E-state index contributed by atoms with van der Waals surface area (Å²) in [7, 11) is 2.81. The monoisotopic (exact) mass is 293 g/mol. The second-order valence-electron chi connectivity index (χ2n) is 4.83. The maximum atomic E-state index is 12.5. The molecule has 0 fully saturated rings. The van der Waals surface area contributed by atoms with Crippen molar-refractivity contribution in [1.82, 2.24) is 4.90 Å². The van der Waals surface area contributed by atoms with Crippen molar-refractivity contribution in [3.63, 3.8) is 0 Å². The lowest BCUT2D eigenvalue weighted by atomic mass is 10.1. The van der Waals surface area contributed by atoms with E-state index in [1.54, 1.807) is 31.2 Å². The van der Waals surface area contributed by atoms with Gasteiger partial charge in [-0.15, -0.1) is 0 Å². The van der Waals surface area contributed by atoms with Gasteiger partial charge in [0.25, 0.3) is 11.8 Å². The first kappa shape index (κ1) is 15.6. The fraction of sp³-hybridized carbons (Fsp3) is 0.467. The lowest BCUT2D eigenvalue weighted by Crippen LogP contribution is -2.54. The standard InChI is InChI=1S/C15H19NO5/c1-4-11(17)12(15(20-2)21-3)16-13(18)9-7-5-6-8-10(9)14(16)19/h5-8,11-12,15,17H,4H2,1-3H3/t11-,12-/m0/s1. The number of carbonyl (C=O) groups excluding carboxylic acids is 2. The van der Waals surface area contributed by atoms with Crippen LogP contribution >= 0.6 is 0 Å². The molecule has 1 N–H and O–H groups in total. The summed E-state index contributed by atoms with van der Waals surface area (Å²) in [5, 5.41) is 10.2. The molecule has 0 saturated heterocycles. The van der Waals surface area contributed by atoms with Crippen LogP contribution in [0.4, 0.5) is 0 Å². The van der Waals surface area contributed by atoms with Crippen molar-refractivity contribution in [2.45, 2.75) is 31.8 Å². The van der Waals surface area contributed by atoms with E-state index in [1.165, 1.54) is 14.2 Å². The molecular formula is C15H19NO5. The van der Waals surface area contributed by atoms with Crippen LogP contribution in [0.15, 0.2) is 24.3 Å². The van der Waals surface area contributed by atoms with Crippen molar-refractivity contribution >= 4 is 11.8 Å². The molecule has 0 aliphatic carbocycles. The minimum Gasteiger partial charge on any atom is -0.391 e. The van der Waals surface area contributed by atoms with Gasteiger partial charge in [-0.05, 0) is 18.6 Å². The SMILES string of the molecule is CC[C@H](O)[C@@H](C(OC)OC)N1C(=O)c2ccccc2C1=O. The number of aliphatic hydroxyl groups excluding tert-OH is 1. The van der Waals surface area contributed by atoms with Crippen LogP contribution in [0.5, 0.6) is 0 Å². The first-order valence-electron chi connectivity index (χ1n) is 6.77. The van der Waals surface area contributed by atoms with Gasteiger partial charge in [-0.2, -0.15) is 0 Å². The average Bonchev–Trinajstić information content (AvgIpc) is 2.76. The van der Waals surface area contributed by atoms with E-state index in [-0.39, 0.29) is 0 Å². The van der Waals surface area contributed by atoms with Gasteiger partial charge < -0.3 is 14.6 Å². The molecule has 6 heteroatoms. The highest BCUT2D eigenvalue weighted by Gasteiger charge is 2.45. The molecule has 1 aliphatic rings. The Morgan fingerprint density at radius 2 is 1.57 bits per heavy atom. The Kier molecular flexibility index (Phi) is 4.72. The number of methoxy groups -OCH3 is 2. The van der Waals surface area contributed by atoms with Gasteiger partial charge >= 0.3 is 0 Å². The van der Waals surface area contributed by atoms with E-state index < -0.39 is 30.3 Å². The van der Waals surface area contributed by atoms with Crippen LogP contribution in [-0.4, -0.2) is 54.5 Å². The van der Waals surface area contributed by atoms with Crippen molar-refractivity contribution in [2.24, 2.45) is 0 Å². The first-order valence-corrected chi connectivity index (χ1v) is 6.77. The normalized spacial score (nSPS) is 17.3. The number of fused-ring (bicyclic) bond motifs is 1. The number of ether oxygens (including phenoxy) is 2. The minimum absolute atomic E-state index is 0.335. The highest BCUT2D eigenvalue weighted by Crippen LogP contribution is 2.28. The maximum absolute atomic E-state index is 12.5. The molecule has 21 heavy (non-hydrogen) atoms. The summed E-state index contributed by atoms with van der Waals surface area (Å²) in [5.74, 6) is -0.876. The summed E-state index contributed by atoms with van der Waals surface area (Å²) in [5.41, 5.74) is 0.670. The van der Waals surface area contributed by atoms with Crippen molar-refractivity contribution in [3.8, 4) is 0 Å². The highest BCUT2D eigenvalue weighted by atomic mass is 16.7. The molecule has 0 radical (unpaired) electrons. The predicted octanol–water partition coefficient (Wildman–Crippen LogP) is 1.04. The molecule has 0 spiro atoms. The van der Waals surface area contributed by atoms with Crippen molar-refractivity contribution < 1.29 is 24.2 Å². The molecule has 114 valence electrons. The van der Waals surface area contributed by atoms with Crippen molar-refractivity contribution in [3.05, 3.63) is 35.4 Å². The Labute approximate surface area is 123 Å². The van der Waals surface area contributed by atoms with Gasteiger partial charge in [0, 0.05) is 14.2 Å². The van der Waals surface area contributed by atoms with E-state index in [0.29, 0.717) is 17.5 Å². The van der Waals surface area contributed by atoms with Crippen LogP contribution in [0.3, 0.4) is 0 Å². The number of rotatable bonds is 6. The van der Waals surface area contributed by atoms with E-state index in [9.17, 15) is 14.7 Å². The molecule has 2 rings (SSSR count). The molecule has 0 bridgehead atoms. The van der Waals surface area contributed by atoms with Crippen LogP contribution in [0.25, 0.3) is 0 Å². The lowest BCUT2D eigenvalue weighted by Gasteiger charge is -2.34. The number of hydrogen-bond donors (Lipinski definition) is 1. The molecule has 1 aromatic carbocycles. The van der Waals surface area contributed by atoms with Gasteiger partial charge in [0.05, 0.1) is 17.2 Å². The van der Waals surface area contributed by atoms with Gasteiger partial charge in [0.15, 0.2) is 6.29 Å². The van der Waals surface area contributed by atoms with Gasteiger partial charge in [0.1, 0.15) is 6.04 Å². The van der Waals surface area contributed by atoms with Gasteiger partial charge in [0.2, 0.25) is 0 Å². The summed E-state index contributed by atoms with van der Waals surface area (Å²) in [6, 6.07) is 5.70. The van der Waals surface area contributed by atoms with Crippen LogP contribution in [0, 0.1) is 0 Å². The Morgan fingerprint density at radius 3 is 1.95 bits per heavy atom. The summed E-state index contributed by atoms with van der Waals surface area (Å²) >= 11 is 0. The smallest absolute Gasteiger partial charge is 0.262 e. The van der Waals surface area contributed by atoms with E-state index in [1.807, 2.05) is 0 Å². The third-order valence-corrected chi connectivity index (χ3v) is 3.68. The van der Waals surface area contributed by atoms with Crippen molar-refractivity contribution in [2.75, 3.05) is 14.2 Å². The van der Waals surface area contributed by atoms with E-state index in [0.717, 1.165) is 4.90 Å². The fourth-order valence-corrected chi connectivity index (χ4v) is 2.57. The molecule has 1 heterocycles. The molecule has 1 aromatic rings. The molecule has 0 saturated carbocycles. The zero-order valence-corrected chi connectivity index (χ0v) is 12.3. The molecule has 6 nitrogen and oxygen atoms in total. The fourth-order valence-electron chi connectivity index (χ4n) is 2.57. The Morgan fingerprint density at radius 1 is 1.10 bits per heavy atom. The number of hydrogen-bond acceptors (Lipinski definition) is 5. The molecule has 2 atom stereocenters. The van der Waals surface area contributed by atoms with Gasteiger partial charge in [-0.1, -0.05) is 19.1 Å². The first-order chi connectivity index (χ1) is 10.1. The molecule has 2 amide bonds. The van der Waals surface area contributed by atoms with E-state index in [2.05, 4.69) is 0 Å². The topological polar surface area (TPSA) is 76.1 Å². The van der Waals surface area contributed by atoms with Crippen LogP contribution in [-0.2, 0) is 9.47 Å². The number of imide groups is 1. The summed E-state index contributed by atoms with van der Waals surface area (Å²) in [6.45, 7) is 1.76. The van der Waals surface area contributed by atoms with Crippen LogP contribution in [0.1, 0.15) is 34.1 Å². The quantitative estimate of drug-likeness (QED) is 0.626. The summed E-state index contributed by atoms with van der Waals surface area (Å²) < 4.78 is 10.3. The number of carbonyl (C=O) groups is 2. The second-order valence-corrected chi connectivity index (χ2v) is 4.83. The van der Waals surface area contributed by atoms with Crippen LogP contribution in [0.2, 0.25) is 0 Å². The summed E-state index contributed by atoms with van der Waals surface area (Å²) in [4.78, 5) is 26.0. The number of amides is 2. The molecule has 1 aliphatic heterocycles. The van der Waals surface area contributed by atoms with E-state index >= 15 is 0 Å². The minimum atomic E-state index is -0.933. The zero-order chi connectivity index (χ0) is 15.6. The Hall–Kier alpha value is -1.76. The van der Waals surface area contributed by atoms with Crippen LogP contribution < -0.4 is 0 Å². The zero-order valence-electron chi connectivity index (χ0n) is 12.3.